The smallest absolute Gasteiger partial charge is 0.292 e. The van der Waals surface area contributed by atoms with Crippen LogP contribution in [0, 0.1) is 6.92 Å². The van der Waals surface area contributed by atoms with Crippen LogP contribution >= 0.6 is 0 Å². The van der Waals surface area contributed by atoms with E-state index in [1.54, 1.807) is 6.07 Å². The minimum absolute atomic E-state index is 0.276. The molecule has 0 atom stereocenters. The van der Waals surface area contributed by atoms with Crippen LogP contribution in [-0.4, -0.2) is 16.1 Å². The van der Waals surface area contributed by atoms with Crippen LogP contribution in [0.15, 0.2) is 22.8 Å². The highest BCUT2D eigenvalue weighted by molar-refractivity contribution is 6.02. The van der Waals surface area contributed by atoms with Crippen LogP contribution in [0.1, 0.15) is 35.2 Å². The van der Waals surface area contributed by atoms with Gasteiger partial charge in [0.1, 0.15) is 0 Å². The molecule has 17 heavy (non-hydrogen) atoms. The van der Waals surface area contributed by atoms with E-state index in [-0.39, 0.29) is 5.91 Å². The number of anilines is 1. The Balaban J connectivity index is 2.05. The van der Waals surface area contributed by atoms with Crippen molar-refractivity contribution in [1.82, 2.24) is 10.2 Å². The van der Waals surface area contributed by atoms with Gasteiger partial charge in [-0.15, -0.1) is 0 Å². The fourth-order valence-corrected chi connectivity index (χ4v) is 1.60. The normalized spacial score (nSPS) is 10.5. The number of aryl methyl sites for hydroxylation is 2. The van der Waals surface area contributed by atoms with E-state index in [0.29, 0.717) is 11.6 Å². The molecule has 0 saturated carbocycles. The molecule has 0 fully saturated rings. The lowest BCUT2D eigenvalue weighted by Gasteiger charge is -1.98. The van der Waals surface area contributed by atoms with Crippen molar-refractivity contribution in [2.45, 2.75) is 26.7 Å². The molecule has 0 aliphatic rings. The van der Waals surface area contributed by atoms with Gasteiger partial charge in [-0.1, -0.05) is 13.3 Å². The van der Waals surface area contributed by atoms with Crippen molar-refractivity contribution in [3.8, 4) is 0 Å². The van der Waals surface area contributed by atoms with Crippen LogP contribution in [0.25, 0.3) is 0 Å². The first kappa shape index (κ1) is 11.4. The zero-order valence-electron chi connectivity index (χ0n) is 9.91. The third-order valence-corrected chi connectivity index (χ3v) is 2.46. The first-order chi connectivity index (χ1) is 8.20. The summed E-state index contributed by atoms with van der Waals surface area (Å²) in [6, 6.07) is 3.58. The summed E-state index contributed by atoms with van der Waals surface area (Å²) in [7, 11) is 0. The van der Waals surface area contributed by atoms with Gasteiger partial charge in [0.05, 0.1) is 6.26 Å². The van der Waals surface area contributed by atoms with Crippen molar-refractivity contribution in [3.63, 3.8) is 0 Å². The highest BCUT2D eigenvalue weighted by Gasteiger charge is 2.13. The summed E-state index contributed by atoms with van der Waals surface area (Å²) in [6.45, 7) is 3.91. The third-order valence-electron chi connectivity index (χ3n) is 2.46. The van der Waals surface area contributed by atoms with Gasteiger partial charge in [-0.3, -0.25) is 9.89 Å². The predicted molar refractivity (Wildman–Crippen MR) is 64.0 cm³/mol. The second-order valence-corrected chi connectivity index (χ2v) is 3.92. The Kier molecular flexibility index (Phi) is 3.27. The molecule has 2 aromatic heterocycles. The highest BCUT2D eigenvalue weighted by Crippen LogP contribution is 2.12. The molecule has 0 spiro atoms. The number of aromatic nitrogens is 2. The minimum Gasteiger partial charge on any atom is -0.459 e. The molecular weight excluding hydrogens is 218 g/mol. The van der Waals surface area contributed by atoms with Crippen LogP contribution < -0.4 is 5.32 Å². The first-order valence-electron chi connectivity index (χ1n) is 5.60. The topological polar surface area (TPSA) is 70.9 Å². The van der Waals surface area contributed by atoms with Gasteiger partial charge >= 0.3 is 0 Å². The number of furan rings is 1. The summed E-state index contributed by atoms with van der Waals surface area (Å²) in [5.41, 5.74) is 1.82. The summed E-state index contributed by atoms with van der Waals surface area (Å²) in [5, 5.41) is 9.58. The van der Waals surface area contributed by atoms with E-state index in [9.17, 15) is 4.79 Å². The van der Waals surface area contributed by atoms with Gasteiger partial charge in [-0.2, -0.15) is 5.10 Å². The molecule has 90 valence electrons. The van der Waals surface area contributed by atoms with Gasteiger partial charge in [0.15, 0.2) is 11.6 Å². The zero-order valence-corrected chi connectivity index (χ0v) is 9.91. The first-order valence-corrected chi connectivity index (χ1v) is 5.60. The Bertz CT molecular complexity index is 513. The molecule has 0 bridgehead atoms. The number of nitrogens with one attached hydrogen (secondary N) is 2. The molecule has 0 aliphatic heterocycles. The maximum Gasteiger partial charge on any atom is 0.292 e. The second kappa shape index (κ2) is 4.86. The number of amides is 1. The molecule has 0 aromatic carbocycles. The lowest BCUT2D eigenvalue weighted by molar-refractivity contribution is 0.0995. The summed E-state index contributed by atoms with van der Waals surface area (Å²) in [6.07, 6.45) is 3.45. The average molecular weight is 233 g/mol. The molecule has 2 heterocycles. The van der Waals surface area contributed by atoms with E-state index in [4.69, 9.17) is 4.42 Å². The Morgan fingerprint density at radius 1 is 1.59 bits per heavy atom. The van der Waals surface area contributed by atoms with Crippen LogP contribution in [0.2, 0.25) is 0 Å². The number of carbonyl (C=O) groups excluding carboxylic acids is 1. The molecule has 0 saturated heterocycles. The Morgan fingerprint density at radius 3 is 3.06 bits per heavy atom. The van der Waals surface area contributed by atoms with Crippen LogP contribution in [0.5, 0.6) is 0 Å². The molecule has 1 amide bonds. The van der Waals surface area contributed by atoms with Gasteiger partial charge in [0.25, 0.3) is 5.91 Å². The molecule has 0 radical (unpaired) electrons. The van der Waals surface area contributed by atoms with Crippen molar-refractivity contribution in [3.05, 3.63) is 35.4 Å². The van der Waals surface area contributed by atoms with Crippen molar-refractivity contribution in [2.75, 3.05) is 5.32 Å². The Labute approximate surface area is 99.2 Å². The number of nitrogens with zero attached hydrogens (tertiary/aromatic N) is 1. The lowest BCUT2D eigenvalue weighted by atomic mass is 10.2. The summed E-state index contributed by atoms with van der Waals surface area (Å²) in [5.74, 6) is 0.571. The number of hydrogen-bond acceptors (Lipinski definition) is 3. The quantitative estimate of drug-likeness (QED) is 0.852. The van der Waals surface area contributed by atoms with Gasteiger partial charge < -0.3 is 9.73 Å². The Hall–Kier alpha value is -2.04. The molecule has 0 unspecified atom stereocenters. The maximum absolute atomic E-state index is 11.8. The van der Waals surface area contributed by atoms with E-state index >= 15 is 0 Å². The molecule has 2 rings (SSSR count). The summed E-state index contributed by atoms with van der Waals surface area (Å²) in [4.78, 5) is 11.8. The molecule has 2 aromatic rings. The van der Waals surface area contributed by atoms with Gasteiger partial charge in [0, 0.05) is 17.3 Å². The van der Waals surface area contributed by atoms with E-state index in [0.717, 1.165) is 24.1 Å². The minimum atomic E-state index is -0.276. The van der Waals surface area contributed by atoms with E-state index in [2.05, 4.69) is 22.4 Å². The number of hydrogen-bond donors (Lipinski definition) is 2. The van der Waals surface area contributed by atoms with E-state index in [1.165, 1.54) is 6.26 Å². The van der Waals surface area contributed by atoms with Crippen LogP contribution in [-0.2, 0) is 6.42 Å². The summed E-state index contributed by atoms with van der Waals surface area (Å²) >= 11 is 0. The van der Waals surface area contributed by atoms with Crippen molar-refractivity contribution in [1.29, 1.82) is 0 Å². The highest BCUT2D eigenvalue weighted by atomic mass is 16.3. The van der Waals surface area contributed by atoms with E-state index < -0.39 is 0 Å². The average Bonchev–Trinajstić information content (AvgIpc) is 2.88. The van der Waals surface area contributed by atoms with Crippen LogP contribution in [0.3, 0.4) is 0 Å². The largest absolute Gasteiger partial charge is 0.459 e. The molecule has 2 N–H and O–H groups in total. The number of carbonyl (C=O) groups is 1. The van der Waals surface area contributed by atoms with Gasteiger partial charge in [-0.25, -0.2) is 0 Å². The predicted octanol–water partition coefficient (Wildman–Crippen LogP) is 2.52. The third kappa shape index (κ3) is 2.55. The number of aromatic amines is 1. The van der Waals surface area contributed by atoms with Gasteiger partial charge in [-0.05, 0) is 19.4 Å². The number of rotatable bonds is 4. The Morgan fingerprint density at radius 2 is 2.41 bits per heavy atom. The lowest BCUT2D eigenvalue weighted by Crippen LogP contribution is -2.12. The monoisotopic (exact) mass is 233 g/mol. The van der Waals surface area contributed by atoms with E-state index in [1.807, 2.05) is 13.0 Å². The van der Waals surface area contributed by atoms with Gasteiger partial charge in [0.2, 0.25) is 0 Å². The fraction of sp³-hybridized carbons (Fsp3) is 0.333. The molecule has 5 heteroatoms. The van der Waals surface area contributed by atoms with Crippen LogP contribution in [0.4, 0.5) is 5.82 Å². The van der Waals surface area contributed by atoms with Crippen molar-refractivity contribution < 1.29 is 9.21 Å². The summed E-state index contributed by atoms with van der Waals surface area (Å²) < 4.78 is 5.10. The number of H-pyrrole nitrogens is 1. The van der Waals surface area contributed by atoms with Crippen molar-refractivity contribution in [2.24, 2.45) is 0 Å². The fourth-order valence-electron chi connectivity index (χ4n) is 1.60. The molecule has 0 aliphatic carbocycles. The molecule has 5 nitrogen and oxygen atoms in total. The van der Waals surface area contributed by atoms with Crippen molar-refractivity contribution >= 4 is 11.7 Å². The SMILES string of the molecule is CCCc1cc(NC(=O)c2occc2C)n[nH]1. The second-order valence-electron chi connectivity index (χ2n) is 3.92. The standard InChI is InChI=1S/C12H15N3O2/c1-3-4-9-7-10(15-14-9)13-12(16)11-8(2)5-6-17-11/h5-7H,3-4H2,1-2H3,(H2,13,14,15,16). The maximum atomic E-state index is 11.8. The zero-order chi connectivity index (χ0) is 12.3. The molecular formula is C12H15N3O2.